The first-order valence-electron chi connectivity index (χ1n) is 5.06. The molecule has 3 heterocycles. The second-order valence-corrected chi connectivity index (χ2v) is 3.69. The summed E-state index contributed by atoms with van der Waals surface area (Å²) in [6.07, 6.45) is 9.54. The third-order valence-electron chi connectivity index (χ3n) is 2.74. The molecule has 0 fully saturated rings. The number of aromatic nitrogens is 2. The van der Waals surface area contributed by atoms with E-state index in [1.165, 1.54) is 11.1 Å². The Hall–Kier alpha value is -1.90. The van der Waals surface area contributed by atoms with Crippen molar-refractivity contribution >= 4 is 11.4 Å². The molecule has 0 saturated heterocycles. The van der Waals surface area contributed by atoms with Crippen molar-refractivity contribution in [1.29, 1.82) is 0 Å². The monoisotopic (exact) mass is 197 g/mol. The largest absolute Gasteiger partial charge is 0.355 e. The predicted molar refractivity (Wildman–Crippen MR) is 59.2 cm³/mol. The van der Waals surface area contributed by atoms with E-state index in [-0.39, 0.29) is 0 Å². The van der Waals surface area contributed by atoms with Crippen molar-refractivity contribution in [2.75, 3.05) is 5.32 Å². The van der Waals surface area contributed by atoms with Gasteiger partial charge < -0.3 is 5.32 Å². The summed E-state index contributed by atoms with van der Waals surface area (Å²) in [6, 6.07) is 4.04. The van der Waals surface area contributed by atoms with Crippen molar-refractivity contribution in [3.63, 3.8) is 0 Å². The van der Waals surface area contributed by atoms with Crippen molar-refractivity contribution in [2.24, 2.45) is 0 Å². The minimum atomic E-state index is 1.02. The first kappa shape index (κ1) is 8.41. The fourth-order valence-corrected chi connectivity index (χ4v) is 1.91. The van der Waals surface area contributed by atoms with E-state index in [9.17, 15) is 0 Å². The van der Waals surface area contributed by atoms with Gasteiger partial charge in [0.1, 0.15) is 0 Å². The van der Waals surface area contributed by atoms with Crippen LogP contribution in [0.25, 0.3) is 0 Å². The zero-order valence-corrected chi connectivity index (χ0v) is 8.27. The highest BCUT2D eigenvalue weighted by molar-refractivity contribution is 5.66. The van der Waals surface area contributed by atoms with Crippen LogP contribution in [0, 0.1) is 0 Å². The van der Waals surface area contributed by atoms with Crippen LogP contribution in [0.3, 0.4) is 0 Å². The van der Waals surface area contributed by atoms with E-state index in [1.54, 1.807) is 0 Å². The number of anilines is 2. The van der Waals surface area contributed by atoms with E-state index < -0.39 is 0 Å². The Balaban J connectivity index is 2.10. The second-order valence-electron chi connectivity index (χ2n) is 3.69. The van der Waals surface area contributed by atoms with Gasteiger partial charge in [0.2, 0.25) is 0 Å². The molecular weight excluding hydrogens is 186 g/mol. The van der Waals surface area contributed by atoms with Gasteiger partial charge in [-0.1, -0.05) is 0 Å². The van der Waals surface area contributed by atoms with Crippen LogP contribution < -0.4 is 5.32 Å². The average Bonchev–Trinajstić information content (AvgIpc) is 2.48. The van der Waals surface area contributed by atoms with Crippen molar-refractivity contribution in [2.45, 2.75) is 12.8 Å². The minimum Gasteiger partial charge on any atom is -0.355 e. The quantitative estimate of drug-likeness (QED) is 0.704. The molecule has 2 aromatic heterocycles. The van der Waals surface area contributed by atoms with Crippen LogP contribution in [-0.2, 0) is 12.8 Å². The van der Waals surface area contributed by atoms with Crippen LogP contribution in [0.5, 0.6) is 0 Å². The topological polar surface area (TPSA) is 37.8 Å². The SMILES string of the molecule is c1cc2c(cn1)CCc1cnccc1N2. The molecule has 1 aliphatic rings. The number of aryl methyl sites for hydroxylation is 2. The number of rotatable bonds is 0. The standard InChI is InChI=1S/C12H11N3/c1-2-10-8-14-6-4-12(10)15-11-3-5-13-7-9(1)11/h3-8,15H,1-2H2. The summed E-state index contributed by atoms with van der Waals surface area (Å²) in [6.45, 7) is 0. The maximum atomic E-state index is 4.15. The molecule has 2 aromatic rings. The zero-order valence-electron chi connectivity index (χ0n) is 8.27. The van der Waals surface area contributed by atoms with Crippen LogP contribution in [-0.4, -0.2) is 9.97 Å². The first-order chi connectivity index (χ1) is 7.43. The minimum absolute atomic E-state index is 1.02. The molecule has 0 spiro atoms. The number of hydrogen-bond donors (Lipinski definition) is 1. The molecule has 3 nitrogen and oxygen atoms in total. The highest BCUT2D eigenvalue weighted by Crippen LogP contribution is 2.28. The number of hydrogen-bond acceptors (Lipinski definition) is 3. The first-order valence-corrected chi connectivity index (χ1v) is 5.06. The van der Waals surface area contributed by atoms with Gasteiger partial charge in [-0.25, -0.2) is 0 Å². The lowest BCUT2D eigenvalue weighted by molar-refractivity contribution is 0.958. The van der Waals surface area contributed by atoms with Gasteiger partial charge in [0.25, 0.3) is 0 Å². The summed E-state index contributed by atoms with van der Waals surface area (Å²) < 4.78 is 0. The molecular formula is C12H11N3. The molecule has 0 amide bonds. The van der Waals surface area contributed by atoms with Gasteiger partial charge >= 0.3 is 0 Å². The molecule has 1 aliphatic heterocycles. The van der Waals surface area contributed by atoms with Crippen LogP contribution in [0.2, 0.25) is 0 Å². The fourth-order valence-electron chi connectivity index (χ4n) is 1.91. The lowest BCUT2D eigenvalue weighted by Crippen LogP contribution is -1.93. The van der Waals surface area contributed by atoms with E-state index in [0.29, 0.717) is 0 Å². The third kappa shape index (κ3) is 1.46. The predicted octanol–water partition coefficient (Wildman–Crippen LogP) is 2.32. The third-order valence-corrected chi connectivity index (χ3v) is 2.74. The van der Waals surface area contributed by atoms with E-state index in [1.807, 2.05) is 36.9 Å². The summed E-state index contributed by atoms with van der Waals surface area (Å²) in [5.41, 5.74) is 4.87. The molecule has 0 saturated carbocycles. The van der Waals surface area contributed by atoms with Crippen molar-refractivity contribution in [3.8, 4) is 0 Å². The molecule has 74 valence electrons. The van der Waals surface area contributed by atoms with Crippen LogP contribution in [0.1, 0.15) is 11.1 Å². The van der Waals surface area contributed by atoms with Crippen LogP contribution in [0.4, 0.5) is 11.4 Å². The van der Waals surface area contributed by atoms with Crippen molar-refractivity contribution in [3.05, 3.63) is 48.0 Å². The molecule has 0 aliphatic carbocycles. The van der Waals surface area contributed by atoms with Crippen molar-refractivity contribution < 1.29 is 0 Å². The smallest absolute Gasteiger partial charge is 0.0447 e. The Labute approximate surface area is 88.2 Å². The van der Waals surface area contributed by atoms with E-state index >= 15 is 0 Å². The van der Waals surface area contributed by atoms with E-state index in [0.717, 1.165) is 24.2 Å². The van der Waals surface area contributed by atoms with Gasteiger partial charge in [-0.2, -0.15) is 0 Å². The Bertz CT molecular complexity index is 448. The molecule has 0 radical (unpaired) electrons. The molecule has 0 bridgehead atoms. The van der Waals surface area contributed by atoms with E-state index in [2.05, 4.69) is 15.3 Å². The molecule has 3 heteroatoms. The highest BCUT2D eigenvalue weighted by atomic mass is 14.9. The normalized spacial score (nSPS) is 13.3. The summed E-state index contributed by atoms with van der Waals surface area (Å²) in [5, 5.41) is 3.42. The maximum absolute atomic E-state index is 4.15. The molecule has 3 rings (SSSR count). The average molecular weight is 197 g/mol. The number of fused-ring (bicyclic) bond motifs is 2. The molecule has 1 N–H and O–H groups in total. The Morgan fingerprint density at radius 2 is 1.40 bits per heavy atom. The van der Waals surface area contributed by atoms with Gasteiger partial charge in [-0.3, -0.25) is 9.97 Å². The lowest BCUT2D eigenvalue weighted by atomic mass is 10.1. The molecule has 0 atom stereocenters. The van der Waals surface area contributed by atoms with Gasteiger partial charge in [0, 0.05) is 36.2 Å². The molecule has 15 heavy (non-hydrogen) atoms. The highest BCUT2D eigenvalue weighted by Gasteiger charge is 2.11. The Morgan fingerprint density at radius 1 is 0.867 bits per heavy atom. The summed E-state index contributed by atoms with van der Waals surface area (Å²) in [7, 11) is 0. The van der Waals surface area contributed by atoms with Gasteiger partial charge in [0.15, 0.2) is 0 Å². The maximum Gasteiger partial charge on any atom is 0.0447 e. The molecule has 0 unspecified atom stereocenters. The summed E-state index contributed by atoms with van der Waals surface area (Å²) in [5.74, 6) is 0. The second kappa shape index (κ2) is 3.35. The fraction of sp³-hybridized carbons (Fsp3) is 0.167. The number of pyridine rings is 2. The van der Waals surface area contributed by atoms with Crippen LogP contribution in [0.15, 0.2) is 36.9 Å². The zero-order chi connectivity index (χ0) is 10.1. The summed E-state index contributed by atoms with van der Waals surface area (Å²) >= 11 is 0. The Morgan fingerprint density at radius 3 is 1.93 bits per heavy atom. The van der Waals surface area contributed by atoms with Crippen molar-refractivity contribution in [1.82, 2.24) is 9.97 Å². The lowest BCUT2D eigenvalue weighted by Gasteiger charge is -2.07. The van der Waals surface area contributed by atoms with Gasteiger partial charge in [-0.05, 0) is 36.1 Å². The van der Waals surface area contributed by atoms with Gasteiger partial charge in [-0.15, -0.1) is 0 Å². The summed E-state index contributed by atoms with van der Waals surface area (Å²) in [4.78, 5) is 8.29. The van der Waals surface area contributed by atoms with Gasteiger partial charge in [0.05, 0.1) is 0 Å². The number of nitrogens with one attached hydrogen (secondary N) is 1. The van der Waals surface area contributed by atoms with E-state index in [4.69, 9.17) is 0 Å². The number of nitrogens with zero attached hydrogens (tertiary/aromatic N) is 2. The van der Waals surface area contributed by atoms with Crippen LogP contribution >= 0.6 is 0 Å². The Kier molecular flexibility index (Phi) is 1.88. The molecule has 0 aromatic carbocycles.